The van der Waals surface area contributed by atoms with E-state index in [0.717, 1.165) is 44.6 Å². The number of carbonyl (C=O) groups is 1. The van der Waals surface area contributed by atoms with Crippen molar-refractivity contribution in [2.45, 2.75) is 33.2 Å². The van der Waals surface area contributed by atoms with Crippen LogP contribution in [0.5, 0.6) is 0 Å². The summed E-state index contributed by atoms with van der Waals surface area (Å²) in [5.74, 6) is 1.41. The smallest absolute Gasteiger partial charge is 0.241 e. The largest absolute Gasteiger partial charge is 0.343 e. The fourth-order valence-electron chi connectivity index (χ4n) is 3.45. The van der Waals surface area contributed by atoms with Crippen LogP contribution in [0.25, 0.3) is 11.4 Å². The molecule has 1 unspecified atom stereocenters. The number of carbonyl (C=O) groups excluding carboxylic acids is 1. The normalized spacial score (nSPS) is 18.0. The van der Waals surface area contributed by atoms with Crippen LogP contribution in [0.3, 0.4) is 0 Å². The van der Waals surface area contributed by atoms with Gasteiger partial charge in [0.1, 0.15) is 0 Å². The molecule has 2 heterocycles. The molecule has 0 N–H and O–H groups in total. The van der Waals surface area contributed by atoms with E-state index in [0.29, 0.717) is 23.3 Å². The van der Waals surface area contributed by atoms with Gasteiger partial charge in [-0.3, -0.25) is 9.69 Å². The van der Waals surface area contributed by atoms with Crippen molar-refractivity contribution < 1.29 is 9.32 Å². The first kappa shape index (κ1) is 18.9. The molecular weight excluding hydrogens is 352 g/mol. The van der Waals surface area contributed by atoms with Crippen LogP contribution in [0.2, 0.25) is 5.02 Å². The summed E-state index contributed by atoms with van der Waals surface area (Å²) in [6.45, 7) is 7.82. The van der Waals surface area contributed by atoms with Gasteiger partial charge in [-0.15, -0.1) is 0 Å². The molecular formula is C19H25ClN4O2. The Morgan fingerprint density at radius 3 is 2.92 bits per heavy atom. The molecule has 0 aliphatic carbocycles. The van der Waals surface area contributed by atoms with Crippen molar-refractivity contribution in [2.75, 3.05) is 26.2 Å². The van der Waals surface area contributed by atoms with E-state index in [-0.39, 0.29) is 11.8 Å². The predicted molar refractivity (Wildman–Crippen MR) is 101 cm³/mol. The second kappa shape index (κ2) is 8.64. The number of nitrogens with zero attached hydrogens (tertiary/aromatic N) is 4. The van der Waals surface area contributed by atoms with Crippen LogP contribution in [-0.4, -0.2) is 52.0 Å². The molecule has 1 atom stereocenters. The predicted octanol–water partition coefficient (Wildman–Crippen LogP) is 3.47. The Morgan fingerprint density at radius 2 is 2.19 bits per heavy atom. The van der Waals surface area contributed by atoms with Crippen molar-refractivity contribution in [1.29, 1.82) is 0 Å². The van der Waals surface area contributed by atoms with Gasteiger partial charge in [0.05, 0.1) is 12.5 Å². The second-order valence-corrected chi connectivity index (χ2v) is 7.04. The van der Waals surface area contributed by atoms with E-state index in [1.165, 1.54) is 0 Å². The zero-order valence-electron chi connectivity index (χ0n) is 15.3. The molecule has 2 aromatic rings. The van der Waals surface area contributed by atoms with Crippen LogP contribution in [0, 0.1) is 5.92 Å². The van der Waals surface area contributed by atoms with Gasteiger partial charge >= 0.3 is 0 Å². The highest BCUT2D eigenvalue weighted by atomic mass is 35.5. The van der Waals surface area contributed by atoms with Crippen LogP contribution in [-0.2, 0) is 11.3 Å². The highest BCUT2D eigenvalue weighted by molar-refractivity contribution is 6.30. The molecule has 1 saturated heterocycles. The maximum atomic E-state index is 12.6. The third kappa shape index (κ3) is 4.43. The molecule has 3 rings (SSSR count). The van der Waals surface area contributed by atoms with Gasteiger partial charge in [0, 0.05) is 30.2 Å². The number of rotatable bonds is 6. The fourth-order valence-corrected chi connectivity index (χ4v) is 3.64. The number of aromatic nitrogens is 2. The first-order valence-corrected chi connectivity index (χ1v) is 9.58. The van der Waals surface area contributed by atoms with E-state index in [1.807, 2.05) is 43.0 Å². The molecule has 1 aromatic heterocycles. The number of amides is 1. The molecule has 1 amide bonds. The average molecular weight is 377 g/mol. The van der Waals surface area contributed by atoms with Gasteiger partial charge < -0.3 is 9.42 Å². The zero-order chi connectivity index (χ0) is 18.5. The van der Waals surface area contributed by atoms with Crippen LogP contribution in [0.15, 0.2) is 28.8 Å². The Morgan fingerprint density at radius 1 is 1.38 bits per heavy atom. The minimum atomic E-state index is 0.0546. The maximum absolute atomic E-state index is 12.6. The van der Waals surface area contributed by atoms with E-state index < -0.39 is 0 Å². The summed E-state index contributed by atoms with van der Waals surface area (Å²) in [5.41, 5.74) is 0.834. The number of piperidine rings is 1. The van der Waals surface area contributed by atoms with Crippen LogP contribution in [0.4, 0.5) is 0 Å². The monoisotopic (exact) mass is 376 g/mol. The Hall–Kier alpha value is -1.92. The quantitative estimate of drug-likeness (QED) is 0.772. The van der Waals surface area contributed by atoms with Gasteiger partial charge in [-0.25, -0.2) is 0 Å². The summed E-state index contributed by atoms with van der Waals surface area (Å²) in [7, 11) is 0. The number of likely N-dealkylation sites (tertiary alicyclic amines) is 1. The Labute approximate surface area is 159 Å². The number of hydrogen-bond acceptors (Lipinski definition) is 5. The highest BCUT2D eigenvalue weighted by Gasteiger charge is 2.29. The van der Waals surface area contributed by atoms with E-state index in [2.05, 4.69) is 15.0 Å². The van der Waals surface area contributed by atoms with Crippen LogP contribution < -0.4 is 0 Å². The van der Waals surface area contributed by atoms with Crippen molar-refractivity contribution in [3.63, 3.8) is 0 Å². The lowest BCUT2D eigenvalue weighted by Crippen LogP contribution is -2.44. The summed E-state index contributed by atoms with van der Waals surface area (Å²) in [6.07, 6.45) is 1.95. The standard InChI is InChI=1S/C19H25ClN4O2/c1-3-24(4-2)19(25)15-8-6-10-23(12-15)13-17-21-18(22-26-17)14-7-5-9-16(20)11-14/h5,7,9,11,15H,3-4,6,8,10,12-13H2,1-2H3. The lowest BCUT2D eigenvalue weighted by molar-refractivity contribution is -0.137. The molecule has 1 fully saturated rings. The third-order valence-electron chi connectivity index (χ3n) is 4.84. The minimum absolute atomic E-state index is 0.0546. The molecule has 140 valence electrons. The highest BCUT2D eigenvalue weighted by Crippen LogP contribution is 2.23. The summed E-state index contributed by atoms with van der Waals surface area (Å²) >= 11 is 6.02. The number of benzene rings is 1. The molecule has 0 radical (unpaired) electrons. The van der Waals surface area contributed by atoms with Crippen LogP contribution in [0.1, 0.15) is 32.6 Å². The molecule has 1 aliphatic rings. The van der Waals surface area contributed by atoms with E-state index in [4.69, 9.17) is 16.1 Å². The third-order valence-corrected chi connectivity index (χ3v) is 5.07. The van der Waals surface area contributed by atoms with Crippen LogP contribution >= 0.6 is 11.6 Å². The van der Waals surface area contributed by atoms with Gasteiger partial charge in [-0.2, -0.15) is 4.98 Å². The molecule has 0 bridgehead atoms. The summed E-state index contributed by atoms with van der Waals surface area (Å²) in [5, 5.41) is 4.70. The minimum Gasteiger partial charge on any atom is -0.343 e. The lowest BCUT2D eigenvalue weighted by atomic mass is 9.96. The number of hydrogen-bond donors (Lipinski definition) is 0. The second-order valence-electron chi connectivity index (χ2n) is 6.61. The van der Waals surface area contributed by atoms with E-state index in [1.54, 1.807) is 0 Å². The van der Waals surface area contributed by atoms with Crippen molar-refractivity contribution in [3.05, 3.63) is 35.2 Å². The van der Waals surface area contributed by atoms with E-state index in [9.17, 15) is 4.79 Å². The maximum Gasteiger partial charge on any atom is 0.241 e. The van der Waals surface area contributed by atoms with E-state index >= 15 is 0 Å². The molecule has 1 aromatic carbocycles. The lowest BCUT2D eigenvalue weighted by Gasteiger charge is -2.33. The van der Waals surface area contributed by atoms with Crippen molar-refractivity contribution in [3.8, 4) is 11.4 Å². The van der Waals surface area contributed by atoms with Crippen molar-refractivity contribution in [1.82, 2.24) is 19.9 Å². The fraction of sp³-hybridized carbons (Fsp3) is 0.526. The molecule has 1 aliphatic heterocycles. The topological polar surface area (TPSA) is 62.5 Å². The van der Waals surface area contributed by atoms with Gasteiger partial charge in [0.25, 0.3) is 0 Å². The molecule has 26 heavy (non-hydrogen) atoms. The van der Waals surface area contributed by atoms with Crippen molar-refractivity contribution >= 4 is 17.5 Å². The van der Waals surface area contributed by atoms with Gasteiger partial charge in [0.15, 0.2) is 0 Å². The molecule has 7 heteroatoms. The Kier molecular flexibility index (Phi) is 6.27. The molecule has 0 spiro atoms. The molecule has 0 saturated carbocycles. The summed E-state index contributed by atoms with van der Waals surface area (Å²) < 4.78 is 5.41. The molecule has 6 nitrogen and oxygen atoms in total. The van der Waals surface area contributed by atoms with Crippen molar-refractivity contribution in [2.24, 2.45) is 5.92 Å². The Balaban J connectivity index is 1.63. The van der Waals surface area contributed by atoms with Gasteiger partial charge in [-0.05, 0) is 45.4 Å². The first-order chi connectivity index (χ1) is 12.6. The first-order valence-electron chi connectivity index (χ1n) is 9.20. The summed E-state index contributed by atoms with van der Waals surface area (Å²) in [4.78, 5) is 21.2. The summed E-state index contributed by atoms with van der Waals surface area (Å²) in [6, 6.07) is 7.39. The SMILES string of the molecule is CCN(CC)C(=O)C1CCCN(Cc2nc(-c3cccc(Cl)c3)no2)C1. The Bertz CT molecular complexity index is 745. The van der Waals surface area contributed by atoms with Gasteiger partial charge in [-0.1, -0.05) is 28.9 Å². The van der Waals surface area contributed by atoms with Gasteiger partial charge in [0.2, 0.25) is 17.6 Å². The zero-order valence-corrected chi connectivity index (χ0v) is 16.1. The average Bonchev–Trinajstić information content (AvgIpc) is 3.11. The number of halogens is 1.